The lowest BCUT2D eigenvalue weighted by atomic mass is 10.1. The van der Waals surface area contributed by atoms with E-state index < -0.39 is 0 Å². The van der Waals surface area contributed by atoms with Crippen LogP contribution in [-0.4, -0.2) is 47.0 Å². The first-order chi connectivity index (χ1) is 14.2. The number of nitrogens with zero attached hydrogens (tertiary/aromatic N) is 3. The van der Waals surface area contributed by atoms with E-state index in [0.29, 0.717) is 17.5 Å². The highest BCUT2D eigenvalue weighted by Gasteiger charge is 2.09. The van der Waals surface area contributed by atoms with E-state index in [2.05, 4.69) is 63.6 Å². The van der Waals surface area contributed by atoms with Crippen molar-refractivity contribution in [2.24, 2.45) is 0 Å². The van der Waals surface area contributed by atoms with Crippen molar-refractivity contribution in [1.29, 1.82) is 0 Å². The molecular formula is C22H27N5OS. The summed E-state index contributed by atoms with van der Waals surface area (Å²) in [6, 6.07) is 18.5. The van der Waals surface area contributed by atoms with Gasteiger partial charge in [-0.25, -0.2) is 4.98 Å². The third-order valence-corrected chi connectivity index (χ3v) is 5.47. The molecule has 0 saturated carbocycles. The Kier molecular flexibility index (Phi) is 7.69. The van der Waals surface area contributed by atoms with E-state index in [0.717, 1.165) is 30.8 Å². The van der Waals surface area contributed by atoms with Gasteiger partial charge in [0.15, 0.2) is 5.82 Å². The molecule has 0 unspecified atom stereocenters. The standard InChI is InChI=1S/C22H27N5OS/c1-3-17-10-12-18(13-11-17)21-24-22(26-25-21)29-16-20(28)23-14-7-15-27(2)19-8-5-4-6-9-19/h4-6,8-13H,3,7,14-16H2,1-2H3,(H,23,28)(H,24,25,26). The summed E-state index contributed by atoms with van der Waals surface area (Å²) in [6.45, 7) is 3.67. The summed E-state index contributed by atoms with van der Waals surface area (Å²) < 4.78 is 0. The van der Waals surface area contributed by atoms with Crippen LogP contribution < -0.4 is 10.2 Å². The number of aromatic nitrogens is 3. The zero-order valence-electron chi connectivity index (χ0n) is 16.9. The van der Waals surface area contributed by atoms with Gasteiger partial charge in [0.2, 0.25) is 11.1 Å². The number of anilines is 1. The van der Waals surface area contributed by atoms with Gasteiger partial charge >= 0.3 is 0 Å². The largest absolute Gasteiger partial charge is 0.375 e. The van der Waals surface area contributed by atoms with Crippen LogP contribution in [0.25, 0.3) is 11.4 Å². The minimum absolute atomic E-state index is 0.00369. The second-order valence-electron chi connectivity index (χ2n) is 6.77. The maximum absolute atomic E-state index is 12.1. The molecule has 3 aromatic rings. The molecule has 7 heteroatoms. The normalized spacial score (nSPS) is 10.7. The molecule has 2 N–H and O–H groups in total. The first kappa shape index (κ1) is 20.9. The third kappa shape index (κ3) is 6.35. The number of aryl methyl sites for hydroxylation is 1. The van der Waals surface area contributed by atoms with Crippen LogP contribution in [0.2, 0.25) is 0 Å². The number of rotatable bonds is 10. The number of para-hydroxylation sites is 1. The summed E-state index contributed by atoms with van der Waals surface area (Å²) in [6.07, 6.45) is 1.90. The van der Waals surface area contributed by atoms with Crippen molar-refractivity contribution in [2.75, 3.05) is 30.8 Å². The number of carbonyl (C=O) groups is 1. The Morgan fingerprint density at radius 2 is 1.90 bits per heavy atom. The lowest BCUT2D eigenvalue weighted by Gasteiger charge is -2.19. The van der Waals surface area contributed by atoms with Crippen LogP contribution in [0.1, 0.15) is 18.9 Å². The van der Waals surface area contributed by atoms with Crippen LogP contribution in [-0.2, 0) is 11.2 Å². The Bertz CT molecular complexity index is 895. The van der Waals surface area contributed by atoms with E-state index in [1.54, 1.807) is 0 Å². The number of nitrogens with one attached hydrogen (secondary N) is 2. The van der Waals surface area contributed by atoms with Crippen LogP contribution in [0.4, 0.5) is 5.69 Å². The van der Waals surface area contributed by atoms with Gasteiger partial charge in [0.05, 0.1) is 5.75 Å². The molecule has 3 rings (SSSR count). The fraction of sp³-hybridized carbons (Fsp3) is 0.318. The Hall–Kier alpha value is -2.80. The molecule has 0 atom stereocenters. The number of aromatic amines is 1. The van der Waals surface area contributed by atoms with E-state index in [-0.39, 0.29) is 5.91 Å². The molecule has 0 bridgehead atoms. The smallest absolute Gasteiger partial charge is 0.230 e. The molecule has 1 amide bonds. The zero-order valence-corrected chi connectivity index (χ0v) is 17.7. The fourth-order valence-electron chi connectivity index (χ4n) is 2.88. The molecule has 6 nitrogen and oxygen atoms in total. The number of H-pyrrole nitrogens is 1. The van der Waals surface area contributed by atoms with Gasteiger partial charge in [-0.3, -0.25) is 9.89 Å². The second kappa shape index (κ2) is 10.7. The molecule has 0 aliphatic rings. The van der Waals surface area contributed by atoms with E-state index in [1.165, 1.54) is 23.0 Å². The minimum Gasteiger partial charge on any atom is -0.375 e. The highest BCUT2D eigenvalue weighted by Crippen LogP contribution is 2.19. The maximum Gasteiger partial charge on any atom is 0.230 e. The van der Waals surface area contributed by atoms with Crippen molar-refractivity contribution in [3.05, 3.63) is 60.2 Å². The fourth-order valence-corrected chi connectivity index (χ4v) is 3.50. The van der Waals surface area contributed by atoms with Crippen molar-refractivity contribution in [1.82, 2.24) is 20.5 Å². The molecule has 29 heavy (non-hydrogen) atoms. The van der Waals surface area contributed by atoms with E-state index in [1.807, 2.05) is 30.3 Å². The number of hydrogen-bond acceptors (Lipinski definition) is 5. The quantitative estimate of drug-likeness (QED) is 0.394. The number of hydrogen-bond donors (Lipinski definition) is 2. The monoisotopic (exact) mass is 409 g/mol. The lowest BCUT2D eigenvalue weighted by Crippen LogP contribution is -2.29. The number of benzene rings is 2. The van der Waals surface area contributed by atoms with Crippen molar-refractivity contribution >= 4 is 23.4 Å². The summed E-state index contributed by atoms with van der Waals surface area (Å²) in [4.78, 5) is 18.7. The predicted octanol–water partition coefficient (Wildman–Crippen LogP) is 3.77. The molecule has 0 aliphatic carbocycles. The Labute approximate surface area is 176 Å². The van der Waals surface area contributed by atoms with Gasteiger partial charge in [-0.05, 0) is 30.5 Å². The van der Waals surface area contributed by atoms with Gasteiger partial charge in [0, 0.05) is 31.4 Å². The highest BCUT2D eigenvalue weighted by molar-refractivity contribution is 7.99. The third-order valence-electron chi connectivity index (χ3n) is 4.62. The molecule has 0 saturated heterocycles. The summed E-state index contributed by atoms with van der Waals surface area (Å²) in [7, 11) is 2.06. The Morgan fingerprint density at radius 3 is 2.62 bits per heavy atom. The highest BCUT2D eigenvalue weighted by atomic mass is 32.2. The van der Waals surface area contributed by atoms with Crippen LogP contribution >= 0.6 is 11.8 Å². The maximum atomic E-state index is 12.1. The first-order valence-electron chi connectivity index (χ1n) is 9.83. The molecule has 1 heterocycles. The van der Waals surface area contributed by atoms with Crippen molar-refractivity contribution in [2.45, 2.75) is 24.9 Å². The molecular weight excluding hydrogens is 382 g/mol. The average Bonchev–Trinajstić information content (AvgIpc) is 3.25. The molecule has 2 aromatic carbocycles. The van der Waals surface area contributed by atoms with Gasteiger partial charge in [-0.15, -0.1) is 5.10 Å². The Morgan fingerprint density at radius 1 is 1.14 bits per heavy atom. The second-order valence-corrected chi connectivity index (χ2v) is 7.71. The summed E-state index contributed by atoms with van der Waals surface area (Å²) in [5.41, 5.74) is 3.46. The average molecular weight is 410 g/mol. The van der Waals surface area contributed by atoms with Crippen LogP contribution in [0.3, 0.4) is 0 Å². The van der Waals surface area contributed by atoms with E-state index in [9.17, 15) is 4.79 Å². The predicted molar refractivity (Wildman–Crippen MR) is 119 cm³/mol. The number of carbonyl (C=O) groups excluding carboxylic acids is 1. The summed E-state index contributed by atoms with van der Waals surface area (Å²) >= 11 is 1.34. The van der Waals surface area contributed by atoms with Gasteiger partial charge in [-0.2, -0.15) is 0 Å². The van der Waals surface area contributed by atoms with Crippen molar-refractivity contribution < 1.29 is 4.79 Å². The number of thioether (sulfide) groups is 1. The van der Waals surface area contributed by atoms with E-state index >= 15 is 0 Å². The topological polar surface area (TPSA) is 73.9 Å². The van der Waals surface area contributed by atoms with Crippen LogP contribution in [0.15, 0.2) is 59.8 Å². The molecule has 0 aliphatic heterocycles. The first-order valence-corrected chi connectivity index (χ1v) is 10.8. The SMILES string of the molecule is CCc1ccc(-c2nc(SCC(=O)NCCCN(C)c3ccccc3)n[nH]2)cc1. The lowest BCUT2D eigenvalue weighted by molar-refractivity contribution is -0.118. The molecule has 1 aromatic heterocycles. The van der Waals surface area contributed by atoms with Crippen molar-refractivity contribution in [3.8, 4) is 11.4 Å². The van der Waals surface area contributed by atoms with Crippen LogP contribution in [0.5, 0.6) is 0 Å². The van der Waals surface area contributed by atoms with Crippen LogP contribution in [0, 0.1) is 0 Å². The Balaban J connectivity index is 1.37. The van der Waals surface area contributed by atoms with Gasteiger partial charge in [-0.1, -0.05) is 61.2 Å². The molecule has 0 radical (unpaired) electrons. The molecule has 0 spiro atoms. The van der Waals surface area contributed by atoms with Gasteiger partial charge in [0.25, 0.3) is 0 Å². The van der Waals surface area contributed by atoms with Crippen molar-refractivity contribution in [3.63, 3.8) is 0 Å². The minimum atomic E-state index is -0.00369. The molecule has 0 fully saturated rings. The zero-order chi connectivity index (χ0) is 20.5. The van der Waals surface area contributed by atoms with Gasteiger partial charge in [0.1, 0.15) is 0 Å². The van der Waals surface area contributed by atoms with Gasteiger partial charge < -0.3 is 10.2 Å². The molecule has 152 valence electrons. The summed E-state index contributed by atoms with van der Waals surface area (Å²) in [5.74, 6) is 1.02. The number of amides is 1. The van der Waals surface area contributed by atoms with E-state index in [4.69, 9.17) is 0 Å². The summed E-state index contributed by atoms with van der Waals surface area (Å²) in [5, 5.41) is 10.7.